The molecule has 7 heteroatoms. The van der Waals surface area contributed by atoms with Crippen LogP contribution in [0, 0.1) is 13.8 Å². The Morgan fingerprint density at radius 1 is 1.29 bits per heavy atom. The number of anilines is 1. The zero-order chi connectivity index (χ0) is 14.8. The molecule has 2 N–H and O–H groups in total. The fourth-order valence-corrected chi connectivity index (χ4v) is 2.35. The highest BCUT2D eigenvalue weighted by molar-refractivity contribution is 5.47. The SMILES string of the molecule is Cc1nn(CCO)c(NCc2cnc3cnccn23)c1C. The van der Waals surface area contributed by atoms with Crippen LogP contribution >= 0.6 is 0 Å². The smallest absolute Gasteiger partial charge is 0.155 e. The van der Waals surface area contributed by atoms with Crippen LogP contribution in [0.1, 0.15) is 17.0 Å². The van der Waals surface area contributed by atoms with Crippen LogP contribution in [0.25, 0.3) is 5.65 Å². The van der Waals surface area contributed by atoms with Crippen LogP contribution in [0.5, 0.6) is 0 Å². The molecule has 0 unspecified atom stereocenters. The summed E-state index contributed by atoms with van der Waals surface area (Å²) in [6, 6.07) is 0. The molecule has 0 spiro atoms. The lowest BCUT2D eigenvalue weighted by atomic mass is 10.3. The van der Waals surface area contributed by atoms with Gasteiger partial charge < -0.3 is 10.4 Å². The highest BCUT2D eigenvalue weighted by Crippen LogP contribution is 2.19. The van der Waals surface area contributed by atoms with Crippen molar-refractivity contribution in [2.45, 2.75) is 26.9 Å². The number of aliphatic hydroxyl groups is 1. The summed E-state index contributed by atoms with van der Waals surface area (Å²) in [6.07, 6.45) is 7.19. The van der Waals surface area contributed by atoms with Crippen LogP contribution in [0.3, 0.4) is 0 Å². The third-order valence-corrected chi connectivity index (χ3v) is 3.57. The van der Waals surface area contributed by atoms with Crippen molar-refractivity contribution in [2.24, 2.45) is 0 Å². The zero-order valence-electron chi connectivity index (χ0n) is 12.1. The third-order valence-electron chi connectivity index (χ3n) is 3.57. The monoisotopic (exact) mass is 286 g/mol. The molecular formula is C14H18N6O. The van der Waals surface area contributed by atoms with Crippen molar-refractivity contribution in [2.75, 3.05) is 11.9 Å². The lowest BCUT2D eigenvalue weighted by molar-refractivity contribution is 0.270. The number of aromatic nitrogens is 5. The average Bonchev–Trinajstić information content (AvgIpc) is 3.01. The van der Waals surface area contributed by atoms with Gasteiger partial charge in [0, 0.05) is 18.0 Å². The third kappa shape index (κ3) is 2.47. The minimum Gasteiger partial charge on any atom is -0.394 e. The summed E-state index contributed by atoms with van der Waals surface area (Å²) in [6.45, 7) is 5.17. The number of hydrogen-bond donors (Lipinski definition) is 2. The largest absolute Gasteiger partial charge is 0.394 e. The van der Waals surface area contributed by atoms with Gasteiger partial charge in [0.25, 0.3) is 0 Å². The molecule has 0 fully saturated rings. The first-order chi connectivity index (χ1) is 10.2. The Balaban J connectivity index is 1.84. The van der Waals surface area contributed by atoms with Crippen LogP contribution in [0.2, 0.25) is 0 Å². The van der Waals surface area contributed by atoms with Crippen LogP contribution in [-0.4, -0.2) is 35.9 Å². The molecule has 0 aliphatic heterocycles. The quantitative estimate of drug-likeness (QED) is 0.735. The second-order valence-corrected chi connectivity index (χ2v) is 4.91. The molecule has 0 aliphatic rings. The molecule has 0 atom stereocenters. The van der Waals surface area contributed by atoms with E-state index in [1.165, 1.54) is 0 Å². The van der Waals surface area contributed by atoms with E-state index in [9.17, 15) is 0 Å². The van der Waals surface area contributed by atoms with Gasteiger partial charge in [-0.1, -0.05) is 0 Å². The van der Waals surface area contributed by atoms with E-state index in [1.54, 1.807) is 17.1 Å². The van der Waals surface area contributed by atoms with E-state index in [0.717, 1.165) is 28.4 Å². The number of nitrogens with zero attached hydrogens (tertiary/aromatic N) is 5. The van der Waals surface area contributed by atoms with E-state index in [0.29, 0.717) is 13.1 Å². The standard InChI is InChI=1S/C14H18N6O/c1-10-11(2)18-20(5-6-21)14(10)17-8-12-7-16-13-9-15-3-4-19(12)13/h3-4,7,9,17,21H,5-6,8H2,1-2H3. The Morgan fingerprint density at radius 2 is 2.14 bits per heavy atom. The maximum atomic E-state index is 9.13. The molecular weight excluding hydrogens is 268 g/mol. The van der Waals surface area contributed by atoms with Crippen LogP contribution < -0.4 is 5.32 Å². The molecule has 7 nitrogen and oxygen atoms in total. The van der Waals surface area contributed by atoms with Gasteiger partial charge in [0.2, 0.25) is 0 Å². The fraction of sp³-hybridized carbons (Fsp3) is 0.357. The first kappa shape index (κ1) is 13.6. The highest BCUT2D eigenvalue weighted by Gasteiger charge is 2.11. The van der Waals surface area contributed by atoms with E-state index >= 15 is 0 Å². The number of hydrogen-bond acceptors (Lipinski definition) is 5. The fourth-order valence-electron chi connectivity index (χ4n) is 2.35. The molecule has 3 aromatic heterocycles. The minimum absolute atomic E-state index is 0.0660. The van der Waals surface area contributed by atoms with Crippen molar-refractivity contribution >= 4 is 11.5 Å². The predicted octanol–water partition coefficient (Wildman–Crippen LogP) is 1.15. The number of fused-ring (bicyclic) bond motifs is 1. The van der Waals surface area contributed by atoms with Gasteiger partial charge in [-0.2, -0.15) is 5.10 Å². The molecule has 110 valence electrons. The molecule has 3 rings (SSSR count). The maximum absolute atomic E-state index is 9.13. The van der Waals surface area contributed by atoms with E-state index in [-0.39, 0.29) is 6.61 Å². The number of aliphatic hydroxyl groups excluding tert-OH is 1. The highest BCUT2D eigenvalue weighted by atomic mass is 16.3. The predicted molar refractivity (Wildman–Crippen MR) is 79.1 cm³/mol. The number of aryl methyl sites for hydroxylation is 1. The van der Waals surface area contributed by atoms with Gasteiger partial charge in [-0.05, 0) is 13.8 Å². The van der Waals surface area contributed by atoms with E-state index < -0.39 is 0 Å². The Hall–Kier alpha value is -2.41. The zero-order valence-corrected chi connectivity index (χ0v) is 12.1. The lowest BCUT2D eigenvalue weighted by Gasteiger charge is -2.10. The average molecular weight is 286 g/mol. The summed E-state index contributed by atoms with van der Waals surface area (Å²) in [5.41, 5.74) is 3.93. The number of imidazole rings is 1. The molecule has 3 heterocycles. The van der Waals surface area contributed by atoms with Gasteiger partial charge in [-0.3, -0.25) is 9.38 Å². The van der Waals surface area contributed by atoms with E-state index in [4.69, 9.17) is 5.11 Å². The lowest BCUT2D eigenvalue weighted by Crippen LogP contribution is -2.11. The molecule has 0 bridgehead atoms. The maximum Gasteiger partial charge on any atom is 0.155 e. The van der Waals surface area contributed by atoms with Gasteiger partial charge in [-0.15, -0.1) is 0 Å². The topological polar surface area (TPSA) is 80.3 Å². The van der Waals surface area contributed by atoms with Crippen molar-refractivity contribution in [1.82, 2.24) is 24.1 Å². The number of rotatable bonds is 5. The van der Waals surface area contributed by atoms with Crippen molar-refractivity contribution in [3.05, 3.63) is 41.7 Å². The first-order valence-corrected chi connectivity index (χ1v) is 6.85. The summed E-state index contributed by atoms with van der Waals surface area (Å²) < 4.78 is 3.80. The van der Waals surface area contributed by atoms with Crippen LogP contribution in [0.15, 0.2) is 24.8 Å². The Kier molecular flexibility index (Phi) is 3.57. The summed E-state index contributed by atoms with van der Waals surface area (Å²) in [5.74, 6) is 0.936. The second-order valence-electron chi connectivity index (χ2n) is 4.91. The van der Waals surface area contributed by atoms with Crippen molar-refractivity contribution < 1.29 is 5.11 Å². The van der Waals surface area contributed by atoms with Crippen molar-refractivity contribution in [3.8, 4) is 0 Å². The molecule has 0 aliphatic carbocycles. The molecule has 0 amide bonds. The van der Waals surface area contributed by atoms with E-state index in [2.05, 4.69) is 20.4 Å². The molecule has 0 aromatic carbocycles. The first-order valence-electron chi connectivity index (χ1n) is 6.85. The van der Waals surface area contributed by atoms with Gasteiger partial charge in [-0.25, -0.2) is 9.67 Å². The van der Waals surface area contributed by atoms with Crippen molar-refractivity contribution in [1.29, 1.82) is 0 Å². The Morgan fingerprint density at radius 3 is 2.95 bits per heavy atom. The van der Waals surface area contributed by atoms with Gasteiger partial charge in [0.15, 0.2) is 5.65 Å². The van der Waals surface area contributed by atoms with Gasteiger partial charge in [0.1, 0.15) is 5.82 Å². The summed E-state index contributed by atoms with van der Waals surface area (Å²) in [5, 5.41) is 16.9. The Bertz CT molecular complexity index is 760. The molecule has 3 aromatic rings. The summed E-state index contributed by atoms with van der Waals surface area (Å²) >= 11 is 0. The van der Waals surface area contributed by atoms with Crippen LogP contribution in [0.4, 0.5) is 5.82 Å². The number of nitrogens with one attached hydrogen (secondary N) is 1. The van der Waals surface area contributed by atoms with Gasteiger partial charge >= 0.3 is 0 Å². The second kappa shape index (κ2) is 5.53. The van der Waals surface area contributed by atoms with Crippen molar-refractivity contribution in [3.63, 3.8) is 0 Å². The molecule has 21 heavy (non-hydrogen) atoms. The van der Waals surface area contributed by atoms with E-state index in [1.807, 2.05) is 30.6 Å². The summed E-state index contributed by atoms with van der Waals surface area (Å²) in [7, 11) is 0. The molecule has 0 saturated heterocycles. The summed E-state index contributed by atoms with van der Waals surface area (Å²) in [4.78, 5) is 8.37. The Labute approximate surface area is 122 Å². The van der Waals surface area contributed by atoms with Crippen LogP contribution in [-0.2, 0) is 13.1 Å². The van der Waals surface area contributed by atoms with Gasteiger partial charge in [0.05, 0.1) is 43.5 Å². The minimum atomic E-state index is 0.0660. The normalized spacial score (nSPS) is 11.2. The molecule has 0 saturated carbocycles. The molecule has 0 radical (unpaired) electrons.